The van der Waals surface area contributed by atoms with E-state index >= 15 is 0 Å². The molecule has 1 aliphatic carbocycles. The first-order valence-electron chi connectivity index (χ1n) is 7.03. The second-order valence-electron chi connectivity index (χ2n) is 5.16. The average molecular weight is 277 g/mol. The summed E-state index contributed by atoms with van der Waals surface area (Å²) in [5, 5.41) is 12.6. The minimum Gasteiger partial charge on any atom is -0.387 e. The summed E-state index contributed by atoms with van der Waals surface area (Å²) < 4.78 is 12.8. The van der Waals surface area contributed by atoms with Gasteiger partial charge in [-0.1, -0.05) is 23.8 Å². The molecule has 0 saturated carbocycles. The lowest BCUT2D eigenvalue weighted by Crippen LogP contribution is -2.28. The van der Waals surface area contributed by atoms with Crippen molar-refractivity contribution in [3.63, 3.8) is 0 Å². The fourth-order valence-corrected chi connectivity index (χ4v) is 2.35. The molecule has 0 radical (unpaired) electrons. The monoisotopic (exact) mass is 277 g/mol. The quantitative estimate of drug-likeness (QED) is 0.813. The van der Waals surface area contributed by atoms with Gasteiger partial charge in [-0.2, -0.15) is 0 Å². The maximum atomic E-state index is 12.8. The van der Waals surface area contributed by atoms with E-state index in [1.165, 1.54) is 36.3 Å². The lowest BCUT2D eigenvalue weighted by Gasteiger charge is -2.15. The number of aliphatic hydroxyl groups is 1. The SMILES string of the molecule is O=C(CC1=CCCCC1)NCC(O)c1ccc(F)cc1. The molecule has 0 heterocycles. The molecule has 108 valence electrons. The Hall–Kier alpha value is -1.68. The van der Waals surface area contributed by atoms with E-state index in [0.29, 0.717) is 12.0 Å². The number of halogens is 1. The van der Waals surface area contributed by atoms with Crippen LogP contribution in [0.5, 0.6) is 0 Å². The maximum Gasteiger partial charge on any atom is 0.224 e. The van der Waals surface area contributed by atoms with Gasteiger partial charge in [-0.3, -0.25) is 4.79 Å². The molecule has 0 spiro atoms. The van der Waals surface area contributed by atoms with Crippen molar-refractivity contribution in [3.8, 4) is 0 Å². The standard InChI is InChI=1S/C16H20FNO2/c17-14-8-6-13(7-9-14)15(19)11-18-16(20)10-12-4-2-1-3-5-12/h4,6-9,15,19H,1-3,5,10-11H2,(H,18,20). The van der Waals surface area contributed by atoms with Crippen LogP contribution in [0.25, 0.3) is 0 Å². The third kappa shape index (κ3) is 4.46. The molecule has 0 fully saturated rings. The maximum absolute atomic E-state index is 12.8. The molecule has 20 heavy (non-hydrogen) atoms. The van der Waals surface area contributed by atoms with E-state index < -0.39 is 6.10 Å². The molecular formula is C16H20FNO2. The van der Waals surface area contributed by atoms with Gasteiger partial charge in [-0.05, 0) is 43.4 Å². The highest BCUT2D eigenvalue weighted by Crippen LogP contribution is 2.20. The van der Waals surface area contributed by atoms with Gasteiger partial charge in [0.25, 0.3) is 0 Å². The van der Waals surface area contributed by atoms with Crippen LogP contribution in [0, 0.1) is 5.82 Å². The summed E-state index contributed by atoms with van der Waals surface area (Å²) >= 11 is 0. The number of carbonyl (C=O) groups is 1. The number of hydrogen-bond donors (Lipinski definition) is 2. The number of rotatable bonds is 5. The molecule has 1 atom stereocenters. The zero-order chi connectivity index (χ0) is 14.4. The Labute approximate surface area is 118 Å². The highest BCUT2D eigenvalue weighted by molar-refractivity contribution is 5.78. The van der Waals surface area contributed by atoms with Gasteiger partial charge >= 0.3 is 0 Å². The summed E-state index contributed by atoms with van der Waals surface area (Å²) in [6.07, 6.45) is 6.15. The molecule has 1 aromatic rings. The molecule has 0 bridgehead atoms. The van der Waals surface area contributed by atoms with Gasteiger partial charge in [0.2, 0.25) is 5.91 Å². The minimum atomic E-state index is -0.806. The molecule has 0 saturated heterocycles. The van der Waals surface area contributed by atoms with Crippen LogP contribution in [0.4, 0.5) is 4.39 Å². The molecule has 0 aliphatic heterocycles. The minimum absolute atomic E-state index is 0.0701. The van der Waals surface area contributed by atoms with Crippen molar-refractivity contribution >= 4 is 5.91 Å². The predicted octanol–water partition coefficient (Wildman–Crippen LogP) is 2.87. The number of amides is 1. The van der Waals surface area contributed by atoms with Crippen molar-refractivity contribution in [2.45, 2.75) is 38.2 Å². The lowest BCUT2D eigenvalue weighted by atomic mass is 9.97. The van der Waals surface area contributed by atoms with Crippen LogP contribution in [-0.4, -0.2) is 17.6 Å². The Morgan fingerprint density at radius 2 is 2.05 bits per heavy atom. The van der Waals surface area contributed by atoms with Crippen LogP contribution >= 0.6 is 0 Å². The molecule has 3 nitrogen and oxygen atoms in total. The van der Waals surface area contributed by atoms with Crippen molar-refractivity contribution in [1.29, 1.82) is 0 Å². The van der Waals surface area contributed by atoms with Crippen LogP contribution in [0.15, 0.2) is 35.9 Å². The fraction of sp³-hybridized carbons (Fsp3) is 0.438. The van der Waals surface area contributed by atoms with Crippen LogP contribution in [-0.2, 0) is 4.79 Å². The summed E-state index contributed by atoms with van der Waals surface area (Å²) in [6, 6.07) is 5.64. The first-order valence-corrected chi connectivity index (χ1v) is 7.03. The predicted molar refractivity (Wildman–Crippen MR) is 75.5 cm³/mol. The molecular weight excluding hydrogens is 257 g/mol. The van der Waals surface area contributed by atoms with Crippen LogP contribution < -0.4 is 5.32 Å². The molecule has 2 rings (SSSR count). The normalized spacial score (nSPS) is 16.4. The summed E-state index contributed by atoms with van der Waals surface area (Å²) in [7, 11) is 0. The molecule has 1 aliphatic rings. The fourth-order valence-electron chi connectivity index (χ4n) is 2.35. The van der Waals surface area contributed by atoms with Crippen molar-refractivity contribution in [2.24, 2.45) is 0 Å². The van der Waals surface area contributed by atoms with Gasteiger partial charge in [0.05, 0.1) is 6.10 Å². The number of hydrogen-bond acceptors (Lipinski definition) is 2. The first kappa shape index (κ1) is 14.7. The Bertz CT molecular complexity index is 482. The Morgan fingerprint density at radius 3 is 2.70 bits per heavy atom. The molecule has 4 heteroatoms. The number of aliphatic hydroxyl groups excluding tert-OH is 1. The van der Waals surface area contributed by atoms with Gasteiger partial charge in [-0.15, -0.1) is 0 Å². The zero-order valence-corrected chi connectivity index (χ0v) is 11.4. The highest BCUT2D eigenvalue weighted by atomic mass is 19.1. The van der Waals surface area contributed by atoms with Crippen LogP contribution in [0.1, 0.15) is 43.8 Å². The second-order valence-corrected chi connectivity index (χ2v) is 5.16. The van der Waals surface area contributed by atoms with E-state index in [0.717, 1.165) is 19.3 Å². The smallest absolute Gasteiger partial charge is 0.224 e. The van der Waals surface area contributed by atoms with Gasteiger partial charge < -0.3 is 10.4 Å². The largest absolute Gasteiger partial charge is 0.387 e. The van der Waals surface area contributed by atoms with E-state index in [2.05, 4.69) is 11.4 Å². The van der Waals surface area contributed by atoms with Crippen LogP contribution in [0.2, 0.25) is 0 Å². The summed E-state index contributed by atoms with van der Waals surface area (Å²) in [5.74, 6) is -0.409. The van der Waals surface area contributed by atoms with Crippen molar-refractivity contribution in [2.75, 3.05) is 6.54 Å². The van der Waals surface area contributed by atoms with Gasteiger partial charge in [0.15, 0.2) is 0 Å². The van der Waals surface area contributed by atoms with E-state index in [1.54, 1.807) is 0 Å². The Morgan fingerprint density at radius 1 is 1.30 bits per heavy atom. The van der Waals surface area contributed by atoms with Gasteiger partial charge in [0.1, 0.15) is 5.82 Å². The summed E-state index contributed by atoms with van der Waals surface area (Å²) in [5.41, 5.74) is 1.79. The van der Waals surface area contributed by atoms with Gasteiger partial charge in [-0.25, -0.2) is 4.39 Å². The summed E-state index contributed by atoms with van der Waals surface area (Å²) in [4.78, 5) is 11.8. The Balaban J connectivity index is 1.77. The summed E-state index contributed by atoms with van der Waals surface area (Å²) in [6.45, 7) is 0.151. The first-order chi connectivity index (χ1) is 9.65. The topological polar surface area (TPSA) is 49.3 Å². The van der Waals surface area contributed by atoms with E-state index in [-0.39, 0.29) is 18.3 Å². The second kappa shape index (κ2) is 7.20. The number of benzene rings is 1. The zero-order valence-electron chi connectivity index (χ0n) is 11.4. The van der Waals surface area contributed by atoms with Crippen molar-refractivity contribution < 1.29 is 14.3 Å². The molecule has 1 unspecified atom stereocenters. The van der Waals surface area contributed by atoms with E-state index in [1.807, 2.05) is 0 Å². The molecule has 0 aromatic heterocycles. The number of nitrogens with one attached hydrogen (secondary N) is 1. The highest BCUT2D eigenvalue weighted by Gasteiger charge is 2.12. The third-order valence-electron chi connectivity index (χ3n) is 3.52. The molecule has 1 amide bonds. The van der Waals surface area contributed by atoms with Gasteiger partial charge in [0, 0.05) is 13.0 Å². The van der Waals surface area contributed by atoms with Crippen molar-refractivity contribution in [1.82, 2.24) is 5.32 Å². The van der Waals surface area contributed by atoms with Crippen molar-refractivity contribution in [3.05, 3.63) is 47.3 Å². The van der Waals surface area contributed by atoms with E-state index in [9.17, 15) is 14.3 Å². The lowest BCUT2D eigenvalue weighted by molar-refractivity contribution is -0.120. The Kier molecular flexibility index (Phi) is 5.30. The number of allylic oxidation sites excluding steroid dienone is 1. The average Bonchev–Trinajstić information content (AvgIpc) is 2.46. The number of carbonyl (C=O) groups excluding carboxylic acids is 1. The molecule has 2 N–H and O–H groups in total. The van der Waals surface area contributed by atoms with Crippen LogP contribution in [0.3, 0.4) is 0 Å². The third-order valence-corrected chi connectivity index (χ3v) is 3.52. The molecule has 1 aromatic carbocycles. The van der Waals surface area contributed by atoms with E-state index in [4.69, 9.17) is 0 Å².